The number of carbonyl (C=O) groups excluding carboxylic acids is 2. The highest BCUT2D eigenvalue weighted by molar-refractivity contribution is 7.18. The fourth-order valence-corrected chi connectivity index (χ4v) is 5.07. The molecule has 4 aromatic rings. The van der Waals surface area contributed by atoms with Crippen LogP contribution in [0.2, 0.25) is 5.02 Å². The molecule has 40 heavy (non-hydrogen) atoms. The van der Waals surface area contributed by atoms with Gasteiger partial charge in [0.1, 0.15) is 11.4 Å². The van der Waals surface area contributed by atoms with Crippen LogP contribution in [0.5, 0.6) is 0 Å². The average Bonchev–Trinajstić information content (AvgIpc) is 3.33. The third kappa shape index (κ3) is 7.23. The summed E-state index contributed by atoms with van der Waals surface area (Å²) in [4.78, 5) is 30.7. The predicted molar refractivity (Wildman–Crippen MR) is 164 cm³/mol. The SMILES string of the molecule is CCN(CC#Cc1cnc(N)c2c(-c3ccc(NC(=O)Nc4cccc(Cl)c4)cc3)csc12)C(=O)OC(C)(C)C. The van der Waals surface area contributed by atoms with Crippen molar-refractivity contribution in [2.45, 2.75) is 33.3 Å². The Morgan fingerprint density at radius 3 is 2.52 bits per heavy atom. The number of hydrogen-bond donors (Lipinski definition) is 3. The van der Waals surface area contributed by atoms with Crippen molar-refractivity contribution in [3.05, 3.63) is 70.7 Å². The maximum Gasteiger partial charge on any atom is 0.411 e. The van der Waals surface area contributed by atoms with Crippen molar-refractivity contribution in [2.24, 2.45) is 0 Å². The molecule has 0 unspecified atom stereocenters. The van der Waals surface area contributed by atoms with Crippen LogP contribution in [0.1, 0.15) is 33.3 Å². The second kappa shape index (κ2) is 12.3. The maximum absolute atomic E-state index is 12.4. The standard InChI is InChI=1S/C30H30ClN5O3S/c1-5-36(29(38)39-30(2,3)4)15-7-8-20-17-33-27(32)25-24(18-40-26(20)25)19-11-13-22(14-12-19)34-28(37)35-23-10-6-9-21(31)16-23/h6,9-14,16-18H,5,15H2,1-4H3,(H2,32,33)(H2,34,35,37). The number of hydrogen-bond acceptors (Lipinski definition) is 6. The molecule has 4 N–H and O–H groups in total. The van der Waals surface area contributed by atoms with Gasteiger partial charge in [-0.3, -0.25) is 4.90 Å². The monoisotopic (exact) mass is 575 g/mol. The number of aromatic nitrogens is 1. The van der Waals surface area contributed by atoms with Crippen molar-refractivity contribution >= 4 is 62.3 Å². The Bertz CT molecular complexity index is 1600. The topological polar surface area (TPSA) is 110 Å². The number of benzene rings is 2. The van der Waals surface area contributed by atoms with E-state index in [1.807, 2.05) is 57.3 Å². The van der Waals surface area contributed by atoms with Gasteiger partial charge in [-0.2, -0.15) is 0 Å². The van der Waals surface area contributed by atoms with Gasteiger partial charge in [0.15, 0.2) is 0 Å². The lowest BCUT2D eigenvalue weighted by Crippen LogP contribution is -2.36. The second-order valence-corrected chi connectivity index (χ2v) is 11.2. The first-order valence-electron chi connectivity index (χ1n) is 12.6. The Kier molecular flexibility index (Phi) is 8.83. The zero-order valence-electron chi connectivity index (χ0n) is 22.7. The van der Waals surface area contributed by atoms with Crippen LogP contribution >= 0.6 is 22.9 Å². The maximum atomic E-state index is 12.4. The summed E-state index contributed by atoms with van der Waals surface area (Å²) in [5, 5.41) is 8.94. The molecule has 206 valence electrons. The summed E-state index contributed by atoms with van der Waals surface area (Å²) in [5.74, 6) is 6.63. The molecule has 0 fully saturated rings. The minimum atomic E-state index is -0.573. The minimum Gasteiger partial charge on any atom is -0.444 e. The highest BCUT2D eigenvalue weighted by Crippen LogP contribution is 2.38. The van der Waals surface area contributed by atoms with Gasteiger partial charge in [-0.15, -0.1) is 11.3 Å². The number of pyridine rings is 1. The van der Waals surface area contributed by atoms with E-state index >= 15 is 0 Å². The number of anilines is 3. The zero-order chi connectivity index (χ0) is 28.9. The molecule has 2 heterocycles. The van der Waals surface area contributed by atoms with E-state index in [0.717, 1.165) is 26.8 Å². The Hall–Kier alpha value is -4.26. The van der Waals surface area contributed by atoms with Crippen LogP contribution in [0.3, 0.4) is 0 Å². The van der Waals surface area contributed by atoms with Gasteiger partial charge < -0.3 is 21.1 Å². The number of rotatable bonds is 5. The van der Waals surface area contributed by atoms with E-state index in [-0.39, 0.29) is 12.6 Å². The molecule has 0 aliphatic carbocycles. The number of carbonyl (C=O) groups is 2. The smallest absolute Gasteiger partial charge is 0.411 e. The van der Waals surface area contributed by atoms with Crippen LogP contribution in [-0.2, 0) is 4.74 Å². The third-order valence-corrected chi connectivity index (χ3v) is 6.94. The van der Waals surface area contributed by atoms with Gasteiger partial charge in [0, 0.05) is 40.1 Å². The molecule has 0 aliphatic rings. The molecule has 0 aliphatic heterocycles. The van der Waals surface area contributed by atoms with Crippen LogP contribution < -0.4 is 16.4 Å². The first kappa shape index (κ1) is 28.7. The Labute approximate surface area is 242 Å². The Morgan fingerprint density at radius 2 is 1.85 bits per heavy atom. The van der Waals surface area contributed by atoms with Crippen LogP contribution in [0.15, 0.2) is 60.1 Å². The van der Waals surface area contributed by atoms with Crippen molar-refractivity contribution in [2.75, 3.05) is 29.5 Å². The summed E-state index contributed by atoms with van der Waals surface area (Å²) < 4.78 is 6.37. The highest BCUT2D eigenvalue weighted by atomic mass is 35.5. The quantitative estimate of drug-likeness (QED) is 0.214. The first-order valence-corrected chi connectivity index (χ1v) is 13.9. The molecule has 4 rings (SSSR count). The molecule has 0 saturated carbocycles. The second-order valence-electron chi connectivity index (χ2n) is 9.87. The molecule has 8 nitrogen and oxygen atoms in total. The fraction of sp³-hybridized carbons (Fsp3) is 0.233. The van der Waals surface area contributed by atoms with E-state index in [0.29, 0.717) is 28.8 Å². The summed E-state index contributed by atoms with van der Waals surface area (Å²) in [6.45, 7) is 8.09. The number of nitrogens with two attached hydrogens (primary N) is 1. The zero-order valence-corrected chi connectivity index (χ0v) is 24.2. The number of nitrogens with one attached hydrogen (secondary N) is 2. The van der Waals surface area contributed by atoms with Gasteiger partial charge in [-0.1, -0.05) is 41.6 Å². The summed E-state index contributed by atoms with van der Waals surface area (Å²) in [6.07, 6.45) is 1.25. The van der Waals surface area contributed by atoms with Crippen LogP contribution in [0.25, 0.3) is 21.2 Å². The average molecular weight is 576 g/mol. The summed E-state index contributed by atoms with van der Waals surface area (Å²) in [6, 6.07) is 14.0. The van der Waals surface area contributed by atoms with E-state index in [1.165, 1.54) is 11.3 Å². The number of thiophene rings is 1. The van der Waals surface area contributed by atoms with E-state index < -0.39 is 11.7 Å². The lowest BCUT2D eigenvalue weighted by atomic mass is 10.0. The van der Waals surface area contributed by atoms with Gasteiger partial charge >= 0.3 is 12.1 Å². The van der Waals surface area contributed by atoms with E-state index in [9.17, 15) is 9.59 Å². The van der Waals surface area contributed by atoms with Crippen molar-refractivity contribution in [1.29, 1.82) is 0 Å². The van der Waals surface area contributed by atoms with Crippen LogP contribution in [-0.4, -0.2) is 40.7 Å². The molecule has 0 bridgehead atoms. The number of fused-ring (bicyclic) bond motifs is 1. The molecule has 2 aromatic heterocycles. The molecule has 3 amide bonds. The number of urea groups is 1. The number of amides is 3. The van der Waals surface area contributed by atoms with Crippen molar-refractivity contribution in [3.63, 3.8) is 0 Å². The molecule has 0 saturated heterocycles. The van der Waals surface area contributed by atoms with Crippen molar-refractivity contribution in [1.82, 2.24) is 9.88 Å². The van der Waals surface area contributed by atoms with Gasteiger partial charge in [-0.05, 0) is 69.0 Å². The molecular formula is C30H30ClN5O3S. The Balaban J connectivity index is 1.50. The first-order chi connectivity index (χ1) is 19.0. The third-order valence-electron chi connectivity index (χ3n) is 5.69. The van der Waals surface area contributed by atoms with E-state index in [2.05, 4.69) is 27.5 Å². The lowest BCUT2D eigenvalue weighted by Gasteiger charge is -2.25. The highest BCUT2D eigenvalue weighted by Gasteiger charge is 2.20. The van der Waals surface area contributed by atoms with Gasteiger partial charge in [-0.25, -0.2) is 14.6 Å². The number of nitrogen functional groups attached to an aromatic ring is 1. The lowest BCUT2D eigenvalue weighted by molar-refractivity contribution is 0.0285. The molecular weight excluding hydrogens is 546 g/mol. The molecule has 2 aromatic carbocycles. The Morgan fingerprint density at radius 1 is 1.12 bits per heavy atom. The minimum absolute atomic E-state index is 0.231. The molecule has 0 atom stereocenters. The van der Waals surface area contributed by atoms with Crippen LogP contribution in [0.4, 0.5) is 26.8 Å². The summed E-state index contributed by atoms with van der Waals surface area (Å²) in [5.41, 5.74) is 9.52. The predicted octanol–water partition coefficient (Wildman–Crippen LogP) is 7.45. The number of halogens is 1. The number of nitrogens with zero attached hydrogens (tertiary/aromatic N) is 2. The summed E-state index contributed by atoms with van der Waals surface area (Å²) >= 11 is 7.51. The van der Waals surface area contributed by atoms with Crippen molar-refractivity contribution in [3.8, 4) is 23.0 Å². The fourth-order valence-electron chi connectivity index (χ4n) is 3.82. The van der Waals surface area contributed by atoms with Gasteiger partial charge in [0.05, 0.1) is 16.8 Å². The molecule has 0 spiro atoms. The van der Waals surface area contributed by atoms with Gasteiger partial charge in [0.2, 0.25) is 0 Å². The van der Waals surface area contributed by atoms with E-state index in [4.69, 9.17) is 22.1 Å². The summed E-state index contributed by atoms with van der Waals surface area (Å²) in [7, 11) is 0. The van der Waals surface area contributed by atoms with E-state index in [1.54, 1.807) is 35.4 Å². The normalized spacial score (nSPS) is 10.9. The van der Waals surface area contributed by atoms with Crippen molar-refractivity contribution < 1.29 is 14.3 Å². The van der Waals surface area contributed by atoms with Gasteiger partial charge in [0.25, 0.3) is 0 Å². The largest absolute Gasteiger partial charge is 0.444 e. The molecule has 10 heteroatoms. The number of ether oxygens (including phenoxy) is 1. The molecule has 0 radical (unpaired) electrons. The van der Waals surface area contributed by atoms with Crippen LogP contribution in [0, 0.1) is 11.8 Å².